The molecule has 0 spiro atoms. The maximum absolute atomic E-state index is 14.0. The van der Waals surface area contributed by atoms with Gasteiger partial charge >= 0.3 is 0 Å². The highest BCUT2D eigenvalue weighted by Gasteiger charge is 2.23. The summed E-state index contributed by atoms with van der Waals surface area (Å²) >= 11 is 1.31. The van der Waals surface area contributed by atoms with E-state index in [0.29, 0.717) is 11.0 Å². The Morgan fingerprint density at radius 3 is 2.42 bits per heavy atom. The van der Waals surface area contributed by atoms with Crippen molar-refractivity contribution in [2.45, 2.75) is 51.9 Å². The average Bonchev–Trinajstić information content (AvgIpc) is 3.15. The second-order valence-corrected chi connectivity index (χ2v) is 8.54. The van der Waals surface area contributed by atoms with Gasteiger partial charge in [-0.15, -0.1) is 10.2 Å². The van der Waals surface area contributed by atoms with Crippen LogP contribution in [0.1, 0.15) is 49.9 Å². The number of carbonyl (C=O) groups is 1. The summed E-state index contributed by atoms with van der Waals surface area (Å²) in [6, 6.07) is 12.2. The van der Waals surface area contributed by atoms with E-state index in [1.807, 2.05) is 50.5 Å². The number of nitrogens with zero attached hydrogens (tertiary/aromatic N) is 3. The van der Waals surface area contributed by atoms with Crippen molar-refractivity contribution in [1.82, 2.24) is 14.8 Å². The fourth-order valence-electron chi connectivity index (χ4n) is 3.25. The van der Waals surface area contributed by atoms with Crippen LogP contribution >= 0.6 is 11.8 Å². The van der Waals surface area contributed by atoms with E-state index in [2.05, 4.69) is 15.5 Å². The highest BCUT2D eigenvalue weighted by Crippen LogP contribution is 2.29. The molecule has 3 rings (SSSR count). The number of para-hydroxylation sites is 2. The number of thioether (sulfide) groups is 1. The van der Waals surface area contributed by atoms with Crippen LogP contribution in [0.25, 0.3) is 0 Å². The first-order chi connectivity index (χ1) is 14.8. The molecule has 0 bridgehead atoms. The minimum atomic E-state index is -0.510. The molecular formula is C23H27FN4O2S. The number of aryl methyl sites for hydroxylation is 2. The van der Waals surface area contributed by atoms with E-state index < -0.39 is 11.9 Å². The van der Waals surface area contributed by atoms with E-state index in [1.54, 1.807) is 25.1 Å². The first kappa shape index (κ1) is 22.8. The summed E-state index contributed by atoms with van der Waals surface area (Å²) in [6.07, 6.45) is -0.510. The third kappa shape index (κ3) is 5.44. The van der Waals surface area contributed by atoms with Crippen LogP contribution in [0, 0.1) is 19.7 Å². The van der Waals surface area contributed by atoms with Crippen molar-refractivity contribution in [3.63, 3.8) is 0 Å². The lowest BCUT2D eigenvalue weighted by molar-refractivity contribution is -0.113. The number of hydrogen-bond acceptors (Lipinski definition) is 5. The van der Waals surface area contributed by atoms with E-state index >= 15 is 0 Å². The second kappa shape index (κ2) is 9.96. The molecule has 1 amide bonds. The van der Waals surface area contributed by atoms with Crippen molar-refractivity contribution in [3.05, 3.63) is 65.2 Å². The number of rotatable bonds is 8. The Kier molecular flexibility index (Phi) is 7.33. The Bertz CT molecular complexity index is 1050. The number of carbonyl (C=O) groups excluding carboxylic acids is 1. The Hall–Kier alpha value is -2.87. The smallest absolute Gasteiger partial charge is 0.234 e. The molecule has 6 nitrogen and oxygen atoms in total. The molecule has 2 aromatic carbocycles. The van der Waals surface area contributed by atoms with E-state index in [-0.39, 0.29) is 23.5 Å². The summed E-state index contributed by atoms with van der Waals surface area (Å²) in [6.45, 7) is 9.74. The van der Waals surface area contributed by atoms with Gasteiger partial charge in [0.2, 0.25) is 5.91 Å². The van der Waals surface area contributed by atoms with E-state index in [0.717, 1.165) is 16.8 Å². The zero-order chi connectivity index (χ0) is 22.5. The van der Waals surface area contributed by atoms with Crippen LogP contribution in [0.15, 0.2) is 47.6 Å². The standard InChI is InChI=1S/C23H27FN4O2S/c1-14(2)28-22(17(5)30-19-12-7-6-11-18(19)24)26-27-23(28)31-13-20(29)25-21-15(3)9-8-10-16(21)4/h6-12,14,17H,13H2,1-5H3,(H,25,29). The molecule has 1 aromatic heterocycles. The molecule has 3 aromatic rings. The predicted octanol–water partition coefficient (Wildman–Crippen LogP) is 5.49. The van der Waals surface area contributed by atoms with Crippen LogP contribution < -0.4 is 10.1 Å². The number of aromatic nitrogens is 3. The lowest BCUT2D eigenvalue weighted by atomic mass is 10.1. The number of amides is 1. The van der Waals surface area contributed by atoms with Crippen LogP contribution in [-0.4, -0.2) is 26.4 Å². The molecule has 0 aliphatic carbocycles. The Balaban J connectivity index is 1.71. The lowest BCUT2D eigenvalue weighted by Gasteiger charge is -2.19. The number of halogens is 1. The van der Waals surface area contributed by atoms with Gasteiger partial charge < -0.3 is 14.6 Å². The maximum atomic E-state index is 14.0. The largest absolute Gasteiger partial charge is 0.480 e. The molecule has 8 heteroatoms. The molecule has 1 unspecified atom stereocenters. The van der Waals surface area contributed by atoms with Crippen LogP contribution in [0.4, 0.5) is 10.1 Å². The van der Waals surface area contributed by atoms with Gasteiger partial charge in [-0.3, -0.25) is 4.79 Å². The summed E-state index contributed by atoms with van der Waals surface area (Å²) < 4.78 is 21.7. The van der Waals surface area contributed by atoms with Crippen LogP contribution in [0.5, 0.6) is 5.75 Å². The molecule has 31 heavy (non-hydrogen) atoms. The highest BCUT2D eigenvalue weighted by molar-refractivity contribution is 7.99. The second-order valence-electron chi connectivity index (χ2n) is 7.60. The highest BCUT2D eigenvalue weighted by atomic mass is 32.2. The van der Waals surface area contributed by atoms with Crippen molar-refractivity contribution in [1.29, 1.82) is 0 Å². The fourth-order valence-corrected chi connectivity index (χ4v) is 4.12. The predicted molar refractivity (Wildman–Crippen MR) is 121 cm³/mol. The van der Waals surface area contributed by atoms with Crippen LogP contribution in [0.2, 0.25) is 0 Å². The molecule has 0 aliphatic rings. The van der Waals surface area contributed by atoms with Gasteiger partial charge in [0.25, 0.3) is 0 Å². The van der Waals surface area contributed by atoms with Gasteiger partial charge in [-0.05, 0) is 57.9 Å². The topological polar surface area (TPSA) is 69.0 Å². The van der Waals surface area contributed by atoms with Gasteiger partial charge in [-0.1, -0.05) is 42.1 Å². The van der Waals surface area contributed by atoms with Crippen molar-refractivity contribution >= 4 is 23.4 Å². The maximum Gasteiger partial charge on any atom is 0.234 e. The van der Waals surface area contributed by atoms with Gasteiger partial charge in [0.05, 0.1) is 5.75 Å². The van der Waals surface area contributed by atoms with Gasteiger partial charge in [-0.25, -0.2) is 4.39 Å². The third-order valence-electron chi connectivity index (χ3n) is 4.79. The van der Waals surface area contributed by atoms with Gasteiger partial charge in [0.1, 0.15) is 0 Å². The molecule has 0 aliphatic heterocycles. The number of anilines is 1. The summed E-state index contributed by atoms with van der Waals surface area (Å²) in [5, 5.41) is 12.1. The first-order valence-corrected chi connectivity index (χ1v) is 11.1. The molecule has 0 saturated carbocycles. The normalized spacial score (nSPS) is 12.1. The monoisotopic (exact) mass is 442 g/mol. The van der Waals surface area contributed by atoms with E-state index in [4.69, 9.17) is 4.74 Å². The molecule has 1 N–H and O–H groups in total. The van der Waals surface area contributed by atoms with E-state index in [9.17, 15) is 9.18 Å². The summed E-state index contributed by atoms with van der Waals surface area (Å²) in [4.78, 5) is 12.5. The van der Waals surface area contributed by atoms with E-state index in [1.165, 1.54) is 17.8 Å². The van der Waals surface area contributed by atoms with Crippen molar-refractivity contribution in [3.8, 4) is 5.75 Å². The molecule has 1 heterocycles. The Morgan fingerprint density at radius 1 is 1.10 bits per heavy atom. The number of benzene rings is 2. The van der Waals surface area contributed by atoms with Gasteiger partial charge in [0, 0.05) is 11.7 Å². The summed E-state index contributed by atoms with van der Waals surface area (Å²) in [5.41, 5.74) is 2.88. The van der Waals surface area contributed by atoms with Crippen LogP contribution in [-0.2, 0) is 4.79 Å². The summed E-state index contributed by atoms with van der Waals surface area (Å²) in [5.74, 6) is 0.397. The van der Waals surface area contributed by atoms with Crippen molar-refractivity contribution in [2.24, 2.45) is 0 Å². The number of ether oxygens (including phenoxy) is 1. The molecule has 0 fully saturated rings. The molecular weight excluding hydrogens is 415 g/mol. The quantitative estimate of drug-likeness (QED) is 0.468. The van der Waals surface area contributed by atoms with Crippen molar-refractivity contribution in [2.75, 3.05) is 11.1 Å². The van der Waals surface area contributed by atoms with Gasteiger partial charge in [-0.2, -0.15) is 0 Å². The zero-order valence-corrected chi connectivity index (χ0v) is 19.2. The summed E-state index contributed by atoms with van der Waals surface area (Å²) in [7, 11) is 0. The molecule has 164 valence electrons. The lowest BCUT2D eigenvalue weighted by Crippen LogP contribution is -2.17. The first-order valence-electron chi connectivity index (χ1n) is 10.1. The number of nitrogens with one attached hydrogen (secondary N) is 1. The molecule has 1 atom stereocenters. The fraction of sp³-hybridized carbons (Fsp3) is 0.348. The van der Waals surface area contributed by atoms with Crippen LogP contribution in [0.3, 0.4) is 0 Å². The SMILES string of the molecule is Cc1cccc(C)c1NC(=O)CSc1nnc(C(C)Oc2ccccc2F)n1C(C)C. The average molecular weight is 443 g/mol. The molecule has 0 saturated heterocycles. The minimum Gasteiger partial charge on any atom is -0.480 e. The minimum absolute atomic E-state index is 0.0424. The van der Waals surface area contributed by atoms with Crippen molar-refractivity contribution < 1.29 is 13.9 Å². The zero-order valence-electron chi connectivity index (χ0n) is 18.3. The Labute approximate surface area is 186 Å². The molecule has 0 radical (unpaired) electrons. The Morgan fingerprint density at radius 2 is 1.77 bits per heavy atom. The third-order valence-corrected chi connectivity index (χ3v) is 5.73. The number of hydrogen-bond donors (Lipinski definition) is 1. The van der Waals surface area contributed by atoms with Gasteiger partial charge in [0.15, 0.2) is 28.7 Å².